The number of carbonyl (C=O) groups is 3. The number of nitrogens with one attached hydrogen (secondary N) is 1. The molecule has 2 aliphatic heterocycles. The molecule has 4 atom stereocenters. The number of hydrogen-bond acceptors (Lipinski definition) is 7. The maximum Gasteiger partial charge on any atom is 0.325 e. The van der Waals surface area contributed by atoms with Crippen molar-refractivity contribution in [3.8, 4) is 18.1 Å². The van der Waals surface area contributed by atoms with E-state index < -0.39 is 46.1 Å². The van der Waals surface area contributed by atoms with Gasteiger partial charge in [-0.15, -0.1) is 6.42 Å². The largest absolute Gasteiger partial charge is 0.494 e. The summed E-state index contributed by atoms with van der Waals surface area (Å²) >= 11 is 0. The molecule has 0 aliphatic carbocycles. The first-order chi connectivity index (χ1) is 17.2. The van der Waals surface area contributed by atoms with Crippen LogP contribution in [0.4, 0.5) is 5.69 Å². The summed E-state index contributed by atoms with van der Waals surface area (Å²) in [4.78, 5) is 50.9. The van der Waals surface area contributed by atoms with Crippen molar-refractivity contribution in [3.05, 3.63) is 69.8 Å². The number of nitro groups is 1. The molecule has 2 fully saturated rings. The number of carboxylic acid groups (broad SMARTS) is 1. The van der Waals surface area contributed by atoms with Crippen molar-refractivity contribution >= 4 is 23.5 Å². The molecule has 0 aromatic heterocycles. The van der Waals surface area contributed by atoms with Gasteiger partial charge in [0.2, 0.25) is 11.8 Å². The molecule has 2 saturated heterocycles. The minimum absolute atomic E-state index is 0.143. The smallest absolute Gasteiger partial charge is 0.325 e. The molecule has 10 nitrogen and oxygen atoms in total. The highest BCUT2D eigenvalue weighted by molar-refractivity contribution is 6.09. The predicted molar refractivity (Wildman–Crippen MR) is 128 cm³/mol. The van der Waals surface area contributed by atoms with Crippen LogP contribution in [0, 0.1) is 34.3 Å². The lowest BCUT2D eigenvalue weighted by Gasteiger charge is -2.31. The van der Waals surface area contributed by atoms with E-state index >= 15 is 0 Å². The van der Waals surface area contributed by atoms with Gasteiger partial charge in [-0.25, -0.2) is 0 Å². The third-order valence-corrected chi connectivity index (χ3v) is 6.72. The molecular weight excluding hydrogens is 466 g/mol. The fourth-order valence-corrected chi connectivity index (χ4v) is 5.08. The number of imide groups is 1. The molecule has 0 spiro atoms. The van der Waals surface area contributed by atoms with Crippen LogP contribution >= 0.6 is 0 Å². The molecule has 10 heteroatoms. The molecule has 2 N–H and O–H groups in total. The molecule has 0 bridgehead atoms. The number of carboxylic acids is 1. The SMILES string of the molecule is C#CCN1C(=O)C2C(c3ccc(OCCC)cc3)NC(Cc3ccc([N+](=O)[O-])cc3)(C(=O)O)C2C1=O. The van der Waals surface area contributed by atoms with Crippen LogP contribution in [0.1, 0.15) is 30.5 Å². The lowest BCUT2D eigenvalue weighted by Crippen LogP contribution is -2.57. The zero-order chi connectivity index (χ0) is 26.0. The Morgan fingerprint density at radius 1 is 1.19 bits per heavy atom. The number of amides is 2. The second-order valence-electron chi connectivity index (χ2n) is 8.89. The van der Waals surface area contributed by atoms with Gasteiger partial charge in [-0.1, -0.05) is 37.1 Å². The highest BCUT2D eigenvalue weighted by Crippen LogP contribution is 2.50. The van der Waals surface area contributed by atoms with Crippen molar-refractivity contribution in [2.75, 3.05) is 13.2 Å². The van der Waals surface area contributed by atoms with Crippen LogP contribution in [0.5, 0.6) is 5.75 Å². The van der Waals surface area contributed by atoms with E-state index in [4.69, 9.17) is 11.2 Å². The first-order valence-corrected chi connectivity index (χ1v) is 11.5. The monoisotopic (exact) mass is 491 g/mol. The maximum atomic E-state index is 13.4. The van der Waals surface area contributed by atoms with Crippen LogP contribution in [0.2, 0.25) is 0 Å². The number of carbonyl (C=O) groups excluding carboxylic acids is 2. The maximum absolute atomic E-state index is 13.4. The first kappa shape index (κ1) is 24.9. The summed E-state index contributed by atoms with van der Waals surface area (Å²) < 4.78 is 5.62. The van der Waals surface area contributed by atoms with Gasteiger partial charge in [-0.05, 0) is 29.7 Å². The van der Waals surface area contributed by atoms with Crippen molar-refractivity contribution in [1.82, 2.24) is 10.2 Å². The van der Waals surface area contributed by atoms with Gasteiger partial charge in [0, 0.05) is 24.6 Å². The van der Waals surface area contributed by atoms with Crippen molar-refractivity contribution < 1.29 is 29.2 Å². The summed E-state index contributed by atoms with van der Waals surface area (Å²) in [5, 5.41) is 24.6. The Bertz CT molecular complexity index is 1240. The van der Waals surface area contributed by atoms with Gasteiger partial charge < -0.3 is 9.84 Å². The summed E-state index contributed by atoms with van der Waals surface area (Å²) in [6.45, 7) is 2.27. The number of rotatable bonds is 9. The molecule has 4 rings (SSSR count). The summed E-state index contributed by atoms with van der Waals surface area (Å²) in [5.41, 5.74) is -0.881. The second kappa shape index (κ2) is 9.79. The molecule has 2 amide bonds. The lowest BCUT2D eigenvalue weighted by molar-refractivity contribution is -0.384. The molecule has 36 heavy (non-hydrogen) atoms. The van der Waals surface area contributed by atoms with Gasteiger partial charge in [0.05, 0.1) is 29.9 Å². The number of non-ortho nitro benzene ring substituents is 1. The molecule has 0 radical (unpaired) electrons. The van der Waals surface area contributed by atoms with Crippen molar-refractivity contribution in [3.63, 3.8) is 0 Å². The van der Waals surface area contributed by atoms with Gasteiger partial charge in [0.15, 0.2) is 0 Å². The fraction of sp³-hybridized carbons (Fsp3) is 0.346. The van der Waals surface area contributed by atoms with Gasteiger partial charge in [-0.2, -0.15) is 0 Å². The molecule has 2 aliphatic rings. The number of likely N-dealkylation sites (tertiary alicyclic amines) is 1. The molecule has 2 aromatic carbocycles. The standard InChI is InChI=1S/C26H25N3O7/c1-3-13-28-23(30)20-21(24(28)31)26(25(32)33,15-16-5-9-18(10-6-16)29(34)35)27-22(20)17-7-11-19(12-8-17)36-14-4-2/h1,5-12,20-22,27H,4,13-15H2,2H3,(H,32,33). The summed E-state index contributed by atoms with van der Waals surface area (Å²) in [5.74, 6) is -1.74. The van der Waals surface area contributed by atoms with E-state index in [-0.39, 0.29) is 18.7 Å². The minimum Gasteiger partial charge on any atom is -0.494 e. The number of fused-ring (bicyclic) bond motifs is 1. The number of terminal acetylenes is 1. The van der Waals surface area contributed by atoms with E-state index in [1.807, 2.05) is 6.92 Å². The number of ether oxygens (including phenoxy) is 1. The quantitative estimate of drug-likeness (QED) is 0.236. The third-order valence-electron chi connectivity index (χ3n) is 6.72. The zero-order valence-electron chi connectivity index (χ0n) is 19.5. The van der Waals surface area contributed by atoms with E-state index in [0.29, 0.717) is 23.5 Å². The van der Waals surface area contributed by atoms with Crippen molar-refractivity contribution in [2.24, 2.45) is 11.8 Å². The number of nitrogens with zero attached hydrogens (tertiary/aromatic N) is 2. The van der Waals surface area contributed by atoms with Gasteiger partial charge in [0.1, 0.15) is 11.3 Å². The molecule has 186 valence electrons. The number of aliphatic carboxylic acids is 1. The normalized spacial score (nSPS) is 24.9. The van der Waals surface area contributed by atoms with E-state index in [1.54, 1.807) is 24.3 Å². The summed E-state index contributed by atoms with van der Waals surface area (Å²) in [7, 11) is 0. The average Bonchev–Trinajstić information content (AvgIpc) is 3.33. The molecule has 0 saturated carbocycles. The highest BCUT2D eigenvalue weighted by Gasteiger charge is 2.68. The Morgan fingerprint density at radius 3 is 2.42 bits per heavy atom. The van der Waals surface area contributed by atoms with Crippen LogP contribution in [0.25, 0.3) is 0 Å². The number of benzene rings is 2. The Labute approximate surface area is 207 Å². The lowest BCUT2D eigenvalue weighted by atomic mass is 9.76. The highest BCUT2D eigenvalue weighted by atomic mass is 16.6. The van der Waals surface area contributed by atoms with Crippen LogP contribution in [0.3, 0.4) is 0 Å². The van der Waals surface area contributed by atoms with Crippen LogP contribution in [0.15, 0.2) is 48.5 Å². The van der Waals surface area contributed by atoms with E-state index in [1.165, 1.54) is 24.3 Å². The molecule has 4 unspecified atom stereocenters. The zero-order valence-corrected chi connectivity index (χ0v) is 19.5. The molecule has 2 heterocycles. The van der Waals surface area contributed by atoms with Crippen molar-refractivity contribution in [2.45, 2.75) is 31.3 Å². The van der Waals surface area contributed by atoms with Gasteiger partial charge in [0.25, 0.3) is 5.69 Å². The third kappa shape index (κ3) is 4.18. The summed E-state index contributed by atoms with van der Waals surface area (Å²) in [6.07, 6.45) is 6.04. The number of hydrogen-bond donors (Lipinski definition) is 2. The van der Waals surface area contributed by atoms with E-state index in [2.05, 4.69) is 11.2 Å². The summed E-state index contributed by atoms with van der Waals surface area (Å²) in [6, 6.07) is 11.6. The second-order valence-corrected chi connectivity index (χ2v) is 8.89. The Kier molecular flexibility index (Phi) is 6.77. The van der Waals surface area contributed by atoms with Crippen molar-refractivity contribution in [1.29, 1.82) is 0 Å². The Hall–Kier alpha value is -4.23. The fourth-order valence-electron chi connectivity index (χ4n) is 5.08. The average molecular weight is 492 g/mol. The number of nitro benzene ring substituents is 1. The van der Waals surface area contributed by atoms with E-state index in [0.717, 1.165) is 11.3 Å². The first-order valence-electron chi connectivity index (χ1n) is 11.5. The Balaban J connectivity index is 1.76. The van der Waals surface area contributed by atoms with Crippen LogP contribution < -0.4 is 10.1 Å². The minimum atomic E-state index is -1.83. The van der Waals surface area contributed by atoms with E-state index in [9.17, 15) is 29.6 Å². The Morgan fingerprint density at radius 2 is 1.86 bits per heavy atom. The predicted octanol–water partition coefficient (Wildman–Crippen LogP) is 2.33. The van der Waals surface area contributed by atoms with Gasteiger partial charge >= 0.3 is 5.97 Å². The van der Waals surface area contributed by atoms with Gasteiger partial charge in [-0.3, -0.25) is 34.7 Å². The molecular formula is C26H25N3O7. The van der Waals surface area contributed by atoms with Crippen LogP contribution in [-0.2, 0) is 20.8 Å². The topological polar surface area (TPSA) is 139 Å². The molecule has 2 aromatic rings. The van der Waals surface area contributed by atoms with Crippen LogP contribution in [-0.4, -0.2) is 51.4 Å².